The lowest BCUT2D eigenvalue weighted by Gasteiger charge is -2.33. The Hall–Kier alpha value is -3.14. The average Bonchev–Trinajstić information content (AvgIpc) is 3.21. The van der Waals surface area contributed by atoms with Gasteiger partial charge in [-0.15, -0.1) is 11.3 Å². The number of aryl methyl sites for hydroxylation is 1. The van der Waals surface area contributed by atoms with Gasteiger partial charge in [-0.25, -0.2) is 19.3 Å². The highest BCUT2D eigenvalue weighted by Gasteiger charge is 2.26. The van der Waals surface area contributed by atoms with Crippen molar-refractivity contribution in [2.24, 2.45) is 7.05 Å². The van der Waals surface area contributed by atoms with Crippen molar-refractivity contribution < 1.29 is 4.39 Å². The largest absolute Gasteiger partial charge is 0.341 e. The average molecular weight is 412 g/mol. The Morgan fingerprint density at radius 1 is 1.14 bits per heavy atom. The molecule has 0 aliphatic carbocycles. The predicted molar refractivity (Wildman–Crippen MR) is 109 cm³/mol. The van der Waals surface area contributed by atoms with Gasteiger partial charge in [0.25, 0.3) is 0 Å². The van der Waals surface area contributed by atoms with Crippen molar-refractivity contribution in [2.45, 2.75) is 18.9 Å². The maximum Gasteiger partial charge on any atom is 0.318 e. The van der Waals surface area contributed by atoms with Crippen LogP contribution in [0.5, 0.6) is 0 Å². The topological polar surface area (TPSA) is 85.9 Å². The molecule has 0 spiro atoms. The van der Waals surface area contributed by atoms with Crippen molar-refractivity contribution in [3.8, 4) is 0 Å². The maximum atomic E-state index is 13.7. The van der Waals surface area contributed by atoms with Gasteiger partial charge in [0, 0.05) is 32.2 Å². The van der Waals surface area contributed by atoms with Crippen LogP contribution in [0, 0.1) is 5.82 Å². The van der Waals surface area contributed by atoms with Gasteiger partial charge in [0.05, 0.1) is 28.1 Å². The third kappa shape index (κ3) is 2.91. The van der Waals surface area contributed by atoms with Crippen molar-refractivity contribution in [2.75, 3.05) is 18.0 Å². The van der Waals surface area contributed by atoms with Crippen molar-refractivity contribution in [3.05, 3.63) is 56.4 Å². The molecule has 0 amide bonds. The molecule has 0 atom stereocenters. The van der Waals surface area contributed by atoms with Crippen molar-refractivity contribution in [1.29, 1.82) is 0 Å². The Morgan fingerprint density at radius 2 is 1.93 bits per heavy atom. The first-order valence-corrected chi connectivity index (χ1v) is 10.1. The molecule has 148 valence electrons. The Bertz CT molecular complexity index is 1350. The van der Waals surface area contributed by atoms with E-state index in [-0.39, 0.29) is 6.04 Å². The molecule has 8 nitrogen and oxygen atoms in total. The lowest BCUT2D eigenvalue weighted by atomic mass is 10.0. The molecule has 0 N–H and O–H groups in total. The molecule has 4 aromatic heterocycles. The Labute approximate surface area is 167 Å². The summed E-state index contributed by atoms with van der Waals surface area (Å²) in [6, 6.07) is 3.00. The maximum absolute atomic E-state index is 13.7. The molecule has 0 radical (unpaired) electrons. The number of anilines is 1. The highest BCUT2D eigenvalue weighted by molar-refractivity contribution is 7.17. The zero-order valence-corrected chi connectivity index (χ0v) is 16.4. The standard InChI is InChI=1S/C19H17FN6O2S/c1-24-14-8-11(20)9-21-16(14)26(18(28)17(24)27)12-2-5-25(6-3-12)19-22-10-15-13(23-19)4-7-29-15/h4,7-10,12H,2-3,5-6H2,1H3. The lowest BCUT2D eigenvalue weighted by molar-refractivity contribution is 0.389. The van der Waals surface area contributed by atoms with E-state index in [1.165, 1.54) is 17.7 Å². The highest BCUT2D eigenvalue weighted by atomic mass is 32.1. The van der Waals surface area contributed by atoms with E-state index in [0.717, 1.165) is 21.0 Å². The molecule has 5 heterocycles. The van der Waals surface area contributed by atoms with Gasteiger partial charge in [-0.1, -0.05) is 0 Å². The van der Waals surface area contributed by atoms with E-state index < -0.39 is 16.9 Å². The molecule has 0 unspecified atom stereocenters. The number of hydrogen-bond acceptors (Lipinski definition) is 7. The van der Waals surface area contributed by atoms with Gasteiger partial charge in [0.15, 0.2) is 5.65 Å². The minimum Gasteiger partial charge on any atom is -0.341 e. The molecule has 1 fully saturated rings. The monoisotopic (exact) mass is 412 g/mol. The SMILES string of the molecule is Cn1c(=O)c(=O)n(C2CCN(c3ncc4sccc4n3)CC2)c2ncc(F)cc21. The van der Waals surface area contributed by atoms with Gasteiger partial charge in [-0.3, -0.25) is 14.2 Å². The van der Waals surface area contributed by atoms with Crippen LogP contribution in [0.4, 0.5) is 10.3 Å². The fourth-order valence-electron chi connectivity index (χ4n) is 3.88. The molecule has 1 aliphatic rings. The van der Waals surface area contributed by atoms with E-state index in [1.54, 1.807) is 11.3 Å². The number of rotatable bonds is 2. The molecular weight excluding hydrogens is 395 g/mol. The van der Waals surface area contributed by atoms with Crippen LogP contribution < -0.4 is 16.0 Å². The summed E-state index contributed by atoms with van der Waals surface area (Å²) in [7, 11) is 1.46. The van der Waals surface area contributed by atoms with Crippen LogP contribution in [-0.2, 0) is 7.05 Å². The summed E-state index contributed by atoms with van der Waals surface area (Å²) in [5, 5.41) is 1.98. The Kier molecular flexibility index (Phi) is 4.16. The van der Waals surface area contributed by atoms with E-state index in [2.05, 4.69) is 19.9 Å². The first kappa shape index (κ1) is 17.9. The molecule has 4 aromatic rings. The zero-order valence-electron chi connectivity index (χ0n) is 15.6. The van der Waals surface area contributed by atoms with E-state index in [4.69, 9.17) is 0 Å². The van der Waals surface area contributed by atoms with E-state index in [0.29, 0.717) is 43.0 Å². The molecule has 0 aromatic carbocycles. The second-order valence-corrected chi connectivity index (χ2v) is 8.04. The van der Waals surface area contributed by atoms with Gasteiger partial charge < -0.3 is 9.47 Å². The van der Waals surface area contributed by atoms with Crippen LogP contribution in [0.25, 0.3) is 21.4 Å². The zero-order chi connectivity index (χ0) is 20.1. The Morgan fingerprint density at radius 3 is 2.72 bits per heavy atom. The van der Waals surface area contributed by atoms with E-state index in [9.17, 15) is 14.0 Å². The molecule has 1 aliphatic heterocycles. The Balaban J connectivity index is 1.48. The second kappa shape index (κ2) is 6.73. The van der Waals surface area contributed by atoms with Gasteiger partial charge in [0.2, 0.25) is 5.95 Å². The van der Waals surface area contributed by atoms with Gasteiger partial charge >= 0.3 is 11.1 Å². The van der Waals surface area contributed by atoms with Crippen molar-refractivity contribution >= 4 is 38.7 Å². The van der Waals surface area contributed by atoms with Gasteiger partial charge in [-0.2, -0.15) is 0 Å². The number of nitrogens with zero attached hydrogens (tertiary/aromatic N) is 6. The summed E-state index contributed by atoms with van der Waals surface area (Å²) in [6.07, 6.45) is 4.16. The number of piperidine rings is 1. The summed E-state index contributed by atoms with van der Waals surface area (Å²) < 4.78 is 17.3. The van der Waals surface area contributed by atoms with Crippen LogP contribution in [0.15, 0.2) is 39.5 Å². The normalized spacial score (nSPS) is 15.4. The summed E-state index contributed by atoms with van der Waals surface area (Å²) in [5.41, 5.74) is 0.241. The first-order valence-electron chi connectivity index (χ1n) is 9.25. The second-order valence-electron chi connectivity index (χ2n) is 7.09. The van der Waals surface area contributed by atoms with Crippen molar-refractivity contribution in [1.82, 2.24) is 24.1 Å². The minimum absolute atomic E-state index is 0.196. The summed E-state index contributed by atoms with van der Waals surface area (Å²) in [6.45, 7) is 1.29. The van der Waals surface area contributed by atoms with Crippen LogP contribution in [0.1, 0.15) is 18.9 Å². The quantitative estimate of drug-likeness (QED) is 0.469. The predicted octanol–water partition coefficient (Wildman–Crippen LogP) is 2.08. The summed E-state index contributed by atoms with van der Waals surface area (Å²) >= 11 is 1.60. The lowest BCUT2D eigenvalue weighted by Crippen LogP contribution is -2.45. The number of fused-ring (bicyclic) bond motifs is 2. The van der Waals surface area contributed by atoms with Crippen LogP contribution in [-0.4, -0.2) is 37.2 Å². The van der Waals surface area contributed by atoms with Crippen LogP contribution in [0.2, 0.25) is 0 Å². The van der Waals surface area contributed by atoms with Crippen LogP contribution >= 0.6 is 11.3 Å². The number of hydrogen-bond donors (Lipinski definition) is 0. The summed E-state index contributed by atoms with van der Waals surface area (Å²) in [4.78, 5) is 40.4. The van der Waals surface area contributed by atoms with Gasteiger partial charge in [-0.05, 0) is 24.3 Å². The number of thiophene rings is 1. The molecule has 0 bridgehead atoms. The van der Waals surface area contributed by atoms with Gasteiger partial charge in [0.1, 0.15) is 5.82 Å². The minimum atomic E-state index is -0.682. The molecular formula is C19H17FN6O2S. The molecule has 0 saturated carbocycles. The van der Waals surface area contributed by atoms with Crippen LogP contribution in [0.3, 0.4) is 0 Å². The number of pyridine rings is 1. The third-order valence-corrected chi connectivity index (χ3v) is 6.25. The fourth-order valence-corrected chi connectivity index (χ4v) is 4.57. The molecule has 1 saturated heterocycles. The highest BCUT2D eigenvalue weighted by Crippen LogP contribution is 2.27. The summed E-state index contributed by atoms with van der Waals surface area (Å²) in [5.74, 6) is 0.115. The smallest absolute Gasteiger partial charge is 0.318 e. The van der Waals surface area contributed by atoms with E-state index >= 15 is 0 Å². The fraction of sp³-hybridized carbons (Fsp3) is 0.316. The molecule has 5 rings (SSSR count). The third-order valence-electron chi connectivity index (χ3n) is 5.41. The number of halogens is 1. The van der Waals surface area contributed by atoms with Crippen molar-refractivity contribution in [3.63, 3.8) is 0 Å². The number of aromatic nitrogens is 5. The van der Waals surface area contributed by atoms with E-state index in [1.807, 2.05) is 17.6 Å². The molecule has 10 heteroatoms. The molecule has 29 heavy (non-hydrogen) atoms. The first-order chi connectivity index (χ1) is 14.0.